The van der Waals surface area contributed by atoms with Crippen LogP contribution in [-0.4, -0.2) is 15.0 Å². The zero-order valence-corrected chi connectivity index (χ0v) is 10.5. The third-order valence-corrected chi connectivity index (χ3v) is 3.06. The monoisotopic (exact) mass is 298 g/mol. The molecule has 0 bridgehead atoms. The predicted octanol–water partition coefficient (Wildman–Crippen LogP) is 3.43. The van der Waals surface area contributed by atoms with Gasteiger partial charge in [-0.15, -0.1) is 0 Å². The van der Waals surface area contributed by atoms with Crippen molar-refractivity contribution in [2.24, 2.45) is 0 Å². The lowest BCUT2D eigenvalue weighted by Crippen LogP contribution is -2.11. The third-order valence-electron chi connectivity index (χ3n) is 2.83. The van der Waals surface area contributed by atoms with E-state index in [0.29, 0.717) is 10.4 Å². The largest absolute Gasteiger partial charge is 0.434 e. The van der Waals surface area contributed by atoms with Gasteiger partial charge in [-0.25, -0.2) is 15.0 Å². The second-order valence-electron chi connectivity index (χ2n) is 4.10. The van der Waals surface area contributed by atoms with E-state index in [1.165, 1.54) is 18.2 Å². The van der Waals surface area contributed by atoms with Gasteiger partial charge in [0, 0.05) is 10.4 Å². The minimum atomic E-state index is -4.65. The lowest BCUT2D eigenvalue weighted by atomic mass is 10.1. The molecule has 0 atom stereocenters. The molecule has 0 fully saturated rings. The predicted molar refractivity (Wildman–Crippen MR) is 69.3 cm³/mol. The topological polar surface area (TPSA) is 64.7 Å². The fraction of sp³-hybridized carbons (Fsp3) is 0.0833. The first-order valence-corrected chi connectivity index (χ1v) is 5.82. The smallest absolute Gasteiger partial charge is 0.383 e. The van der Waals surface area contributed by atoms with Gasteiger partial charge in [-0.05, 0) is 18.2 Å². The van der Waals surface area contributed by atoms with Gasteiger partial charge in [-0.3, -0.25) is 0 Å². The van der Waals surface area contributed by atoms with Crippen molar-refractivity contribution in [3.05, 3.63) is 35.2 Å². The average molecular weight is 299 g/mol. The second-order valence-corrected chi connectivity index (χ2v) is 4.54. The Bertz CT molecular complexity index is 832. The standard InChI is InChI=1S/C12H6ClF3N4/c13-5-1-2-7-6(3-5)9-8(11(17)19-4-18-9)10(20-7)12(14,15)16/h1-4H,(H2,17,18,19). The maximum Gasteiger partial charge on any atom is 0.434 e. The number of nitrogens with zero attached hydrogens (tertiary/aromatic N) is 3. The van der Waals surface area contributed by atoms with Gasteiger partial charge < -0.3 is 5.73 Å². The highest BCUT2D eigenvalue weighted by Crippen LogP contribution is 2.37. The summed E-state index contributed by atoms with van der Waals surface area (Å²) < 4.78 is 39.3. The number of anilines is 1. The molecule has 0 aliphatic carbocycles. The van der Waals surface area contributed by atoms with Crippen molar-refractivity contribution in [1.29, 1.82) is 0 Å². The molecule has 2 N–H and O–H groups in total. The fourth-order valence-corrected chi connectivity index (χ4v) is 2.19. The van der Waals surface area contributed by atoms with E-state index in [1.807, 2.05) is 0 Å². The molecule has 2 aromatic heterocycles. The number of aromatic nitrogens is 3. The molecule has 20 heavy (non-hydrogen) atoms. The van der Waals surface area contributed by atoms with E-state index in [0.717, 1.165) is 6.33 Å². The molecule has 4 nitrogen and oxygen atoms in total. The summed E-state index contributed by atoms with van der Waals surface area (Å²) in [6.07, 6.45) is -3.54. The van der Waals surface area contributed by atoms with Crippen LogP contribution < -0.4 is 5.73 Å². The van der Waals surface area contributed by atoms with Crippen LogP contribution in [0.5, 0.6) is 0 Å². The zero-order valence-electron chi connectivity index (χ0n) is 9.74. The van der Waals surface area contributed by atoms with E-state index in [1.54, 1.807) is 0 Å². The lowest BCUT2D eigenvalue weighted by molar-refractivity contribution is -0.139. The molecule has 0 aliphatic rings. The summed E-state index contributed by atoms with van der Waals surface area (Å²) >= 11 is 5.86. The Labute approximate surface area is 115 Å². The van der Waals surface area contributed by atoms with Crippen LogP contribution in [0.1, 0.15) is 5.69 Å². The SMILES string of the molecule is Nc1ncnc2c1c(C(F)(F)F)nc1ccc(Cl)cc12. The van der Waals surface area contributed by atoms with Crippen molar-refractivity contribution < 1.29 is 13.2 Å². The summed E-state index contributed by atoms with van der Waals surface area (Å²) in [4.78, 5) is 11.1. The Balaban J connectivity index is 2.59. The van der Waals surface area contributed by atoms with Crippen LogP contribution in [0.15, 0.2) is 24.5 Å². The first kappa shape index (κ1) is 12.9. The normalized spacial score (nSPS) is 12.2. The molecule has 0 unspecified atom stereocenters. The molecular formula is C12H6ClF3N4. The van der Waals surface area contributed by atoms with Crippen LogP contribution in [-0.2, 0) is 6.18 Å². The molecular weight excluding hydrogens is 293 g/mol. The van der Waals surface area contributed by atoms with E-state index < -0.39 is 11.9 Å². The molecule has 0 aliphatic heterocycles. The molecule has 2 heterocycles. The minimum absolute atomic E-state index is 0.0809. The minimum Gasteiger partial charge on any atom is -0.383 e. The maximum absolute atomic E-state index is 13.1. The highest BCUT2D eigenvalue weighted by atomic mass is 35.5. The number of nitrogen functional groups attached to an aromatic ring is 1. The molecule has 0 amide bonds. The number of rotatable bonds is 0. The molecule has 0 saturated heterocycles. The zero-order chi connectivity index (χ0) is 14.5. The lowest BCUT2D eigenvalue weighted by Gasteiger charge is -2.12. The van der Waals surface area contributed by atoms with E-state index in [9.17, 15) is 13.2 Å². The Kier molecular flexibility index (Phi) is 2.68. The number of halogens is 4. The molecule has 3 aromatic rings. The first-order valence-electron chi connectivity index (χ1n) is 5.44. The van der Waals surface area contributed by atoms with E-state index in [-0.39, 0.29) is 22.2 Å². The van der Waals surface area contributed by atoms with Crippen molar-refractivity contribution >= 4 is 39.2 Å². The van der Waals surface area contributed by atoms with Crippen LogP contribution in [0.2, 0.25) is 5.02 Å². The molecule has 0 saturated carbocycles. The van der Waals surface area contributed by atoms with Gasteiger partial charge in [0.25, 0.3) is 0 Å². The Hall–Kier alpha value is -2.15. The van der Waals surface area contributed by atoms with Gasteiger partial charge >= 0.3 is 6.18 Å². The van der Waals surface area contributed by atoms with E-state index >= 15 is 0 Å². The quantitative estimate of drug-likeness (QED) is 0.646. The Morgan fingerprint density at radius 3 is 2.60 bits per heavy atom. The van der Waals surface area contributed by atoms with Crippen molar-refractivity contribution in [3.63, 3.8) is 0 Å². The van der Waals surface area contributed by atoms with Crippen molar-refractivity contribution in [2.45, 2.75) is 6.18 Å². The van der Waals surface area contributed by atoms with Gasteiger partial charge in [-0.1, -0.05) is 11.6 Å². The molecule has 0 radical (unpaired) electrons. The number of alkyl halides is 3. The van der Waals surface area contributed by atoms with E-state index in [2.05, 4.69) is 15.0 Å². The van der Waals surface area contributed by atoms with Gasteiger partial charge in [0.05, 0.1) is 16.4 Å². The number of benzene rings is 1. The van der Waals surface area contributed by atoms with Crippen LogP contribution in [0.3, 0.4) is 0 Å². The average Bonchev–Trinajstić information content (AvgIpc) is 2.37. The number of hydrogen-bond donors (Lipinski definition) is 1. The Morgan fingerprint density at radius 1 is 1.15 bits per heavy atom. The summed E-state index contributed by atoms with van der Waals surface area (Å²) in [7, 11) is 0. The summed E-state index contributed by atoms with van der Waals surface area (Å²) in [6, 6.07) is 4.37. The van der Waals surface area contributed by atoms with Crippen LogP contribution in [0, 0.1) is 0 Å². The molecule has 102 valence electrons. The number of nitrogens with two attached hydrogens (primary N) is 1. The first-order chi connectivity index (χ1) is 9.38. The van der Waals surface area contributed by atoms with Crippen molar-refractivity contribution in [2.75, 3.05) is 5.73 Å². The Morgan fingerprint density at radius 2 is 1.90 bits per heavy atom. The summed E-state index contributed by atoms with van der Waals surface area (Å²) in [5.74, 6) is -0.267. The van der Waals surface area contributed by atoms with Gasteiger partial charge in [0.15, 0.2) is 5.69 Å². The summed E-state index contributed by atoms with van der Waals surface area (Å²) in [5.41, 5.74) is 4.69. The molecule has 8 heteroatoms. The van der Waals surface area contributed by atoms with Crippen LogP contribution >= 0.6 is 11.6 Å². The van der Waals surface area contributed by atoms with Gasteiger partial charge in [-0.2, -0.15) is 13.2 Å². The fourth-order valence-electron chi connectivity index (χ4n) is 2.01. The maximum atomic E-state index is 13.1. The highest BCUT2D eigenvalue weighted by Gasteiger charge is 2.36. The second kappa shape index (κ2) is 4.17. The van der Waals surface area contributed by atoms with Crippen LogP contribution in [0.25, 0.3) is 21.8 Å². The summed E-state index contributed by atoms with van der Waals surface area (Å²) in [5, 5.41) is 0.460. The van der Waals surface area contributed by atoms with Crippen molar-refractivity contribution in [1.82, 2.24) is 15.0 Å². The van der Waals surface area contributed by atoms with Gasteiger partial charge in [0.2, 0.25) is 0 Å². The van der Waals surface area contributed by atoms with E-state index in [4.69, 9.17) is 17.3 Å². The number of hydrogen-bond acceptors (Lipinski definition) is 4. The molecule has 0 spiro atoms. The molecule has 3 rings (SSSR count). The number of pyridine rings is 1. The third kappa shape index (κ3) is 1.90. The highest BCUT2D eigenvalue weighted by molar-refractivity contribution is 6.31. The number of fused-ring (bicyclic) bond motifs is 3. The van der Waals surface area contributed by atoms with Crippen molar-refractivity contribution in [3.8, 4) is 0 Å². The summed E-state index contributed by atoms with van der Waals surface area (Å²) in [6.45, 7) is 0. The molecule has 1 aromatic carbocycles. The van der Waals surface area contributed by atoms with Gasteiger partial charge in [0.1, 0.15) is 12.1 Å². The van der Waals surface area contributed by atoms with Crippen LogP contribution in [0.4, 0.5) is 19.0 Å².